The van der Waals surface area contributed by atoms with Crippen LogP contribution in [-0.4, -0.2) is 37.5 Å². The van der Waals surface area contributed by atoms with E-state index in [9.17, 15) is 4.79 Å². The molecule has 104 valence electrons. The summed E-state index contributed by atoms with van der Waals surface area (Å²) in [7, 11) is 1.63. The van der Waals surface area contributed by atoms with Crippen LogP contribution >= 0.6 is 0 Å². The van der Waals surface area contributed by atoms with Gasteiger partial charge in [0.2, 0.25) is 6.79 Å². The lowest BCUT2D eigenvalue weighted by Gasteiger charge is -2.13. The minimum absolute atomic E-state index is 0.256. The van der Waals surface area contributed by atoms with Crippen molar-refractivity contribution in [3.05, 3.63) is 23.3 Å². The van der Waals surface area contributed by atoms with Crippen molar-refractivity contribution in [2.45, 2.75) is 19.5 Å². The molecule has 2 rings (SSSR count). The number of hydrogen-bond donors (Lipinski definition) is 3. The van der Waals surface area contributed by atoms with E-state index in [-0.39, 0.29) is 6.79 Å². The number of fused-ring (bicyclic) bond motifs is 1. The summed E-state index contributed by atoms with van der Waals surface area (Å²) in [5.74, 6) is 0.642. The van der Waals surface area contributed by atoms with Crippen molar-refractivity contribution < 1.29 is 19.4 Å². The van der Waals surface area contributed by atoms with Crippen molar-refractivity contribution in [2.24, 2.45) is 0 Å². The Morgan fingerprint density at radius 2 is 2.11 bits per heavy atom. The number of likely N-dealkylation sites (N-methyl/N-ethyl adjacent to an activating group) is 1. The molecule has 1 aromatic rings. The van der Waals surface area contributed by atoms with E-state index >= 15 is 0 Å². The van der Waals surface area contributed by atoms with Crippen molar-refractivity contribution >= 4 is 5.97 Å². The van der Waals surface area contributed by atoms with Gasteiger partial charge < -0.3 is 25.2 Å². The lowest BCUT2D eigenvalue weighted by molar-refractivity contribution is -0.139. The maximum absolute atomic E-state index is 10.9. The molecule has 1 heterocycles. The molecule has 3 N–H and O–H groups in total. The maximum Gasteiger partial charge on any atom is 0.322 e. The van der Waals surface area contributed by atoms with Crippen molar-refractivity contribution in [2.75, 3.05) is 20.4 Å². The van der Waals surface area contributed by atoms with Crippen molar-refractivity contribution in [1.29, 1.82) is 0 Å². The highest BCUT2D eigenvalue weighted by Gasteiger charge is 2.17. The third-order valence-corrected chi connectivity index (χ3v) is 3.14. The SMILES string of the molecule is CNC(CNCc1cc2c(cc1C)OCO2)C(=O)O. The van der Waals surface area contributed by atoms with E-state index in [2.05, 4.69) is 10.6 Å². The van der Waals surface area contributed by atoms with Crippen LogP contribution in [0.15, 0.2) is 12.1 Å². The standard InChI is InChI=1S/C13H18N2O4/c1-8-3-11-12(19-7-18-11)4-9(8)5-15-6-10(14-2)13(16)17/h3-4,10,14-15H,5-7H2,1-2H3,(H,16,17). The van der Waals surface area contributed by atoms with Crippen LogP contribution in [0.3, 0.4) is 0 Å². The predicted octanol–water partition coefficient (Wildman–Crippen LogP) is 0.486. The number of benzene rings is 1. The summed E-state index contributed by atoms with van der Waals surface area (Å²) in [6, 6.07) is 3.28. The monoisotopic (exact) mass is 266 g/mol. The number of nitrogens with one attached hydrogen (secondary N) is 2. The van der Waals surface area contributed by atoms with E-state index in [0.29, 0.717) is 13.1 Å². The van der Waals surface area contributed by atoms with Gasteiger partial charge in [0.15, 0.2) is 11.5 Å². The van der Waals surface area contributed by atoms with Crippen LogP contribution in [-0.2, 0) is 11.3 Å². The Bertz CT molecular complexity index is 476. The minimum Gasteiger partial charge on any atom is -0.480 e. The average Bonchev–Trinajstić information content (AvgIpc) is 2.81. The van der Waals surface area contributed by atoms with Gasteiger partial charge in [0.1, 0.15) is 6.04 Å². The first-order valence-electron chi connectivity index (χ1n) is 6.11. The molecule has 1 aliphatic rings. The summed E-state index contributed by atoms with van der Waals surface area (Å²) in [5, 5.41) is 14.8. The zero-order valence-corrected chi connectivity index (χ0v) is 11.0. The molecule has 1 aromatic carbocycles. The summed E-state index contributed by atoms with van der Waals surface area (Å²) < 4.78 is 10.6. The number of hydrogen-bond acceptors (Lipinski definition) is 5. The molecule has 0 spiro atoms. The number of aliphatic carboxylic acids is 1. The summed E-state index contributed by atoms with van der Waals surface area (Å²) >= 11 is 0. The molecule has 19 heavy (non-hydrogen) atoms. The van der Waals surface area contributed by atoms with Gasteiger partial charge in [0.25, 0.3) is 0 Å². The Kier molecular flexibility index (Phi) is 4.24. The number of carbonyl (C=O) groups is 1. The highest BCUT2D eigenvalue weighted by Crippen LogP contribution is 2.34. The molecule has 1 atom stereocenters. The second-order valence-corrected chi connectivity index (χ2v) is 4.44. The Balaban J connectivity index is 1.95. The molecule has 0 aromatic heterocycles. The van der Waals surface area contributed by atoms with E-state index < -0.39 is 12.0 Å². The Morgan fingerprint density at radius 3 is 2.74 bits per heavy atom. The largest absolute Gasteiger partial charge is 0.480 e. The zero-order valence-electron chi connectivity index (χ0n) is 11.0. The second kappa shape index (κ2) is 5.90. The van der Waals surface area contributed by atoms with E-state index in [0.717, 1.165) is 22.6 Å². The van der Waals surface area contributed by atoms with Gasteiger partial charge in [-0.3, -0.25) is 4.79 Å². The van der Waals surface area contributed by atoms with Crippen LogP contribution in [0.2, 0.25) is 0 Å². The third-order valence-electron chi connectivity index (χ3n) is 3.14. The van der Waals surface area contributed by atoms with Crippen LogP contribution in [0.25, 0.3) is 0 Å². The summed E-state index contributed by atoms with van der Waals surface area (Å²) in [4.78, 5) is 10.9. The molecule has 0 saturated heterocycles. The Morgan fingerprint density at radius 1 is 1.42 bits per heavy atom. The molecule has 1 aliphatic heterocycles. The van der Waals surface area contributed by atoms with Gasteiger partial charge in [-0.25, -0.2) is 0 Å². The van der Waals surface area contributed by atoms with Crippen molar-refractivity contribution in [3.8, 4) is 11.5 Å². The molecule has 0 aliphatic carbocycles. The predicted molar refractivity (Wildman–Crippen MR) is 69.5 cm³/mol. The fraction of sp³-hybridized carbons (Fsp3) is 0.462. The van der Waals surface area contributed by atoms with Crippen LogP contribution in [0.5, 0.6) is 11.5 Å². The first-order valence-corrected chi connectivity index (χ1v) is 6.11. The summed E-state index contributed by atoms with van der Waals surface area (Å²) in [5.41, 5.74) is 2.16. The molecule has 0 radical (unpaired) electrons. The molecule has 6 nitrogen and oxygen atoms in total. The molecule has 0 fully saturated rings. The normalized spacial score (nSPS) is 14.4. The average molecular weight is 266 g/mol. The topological polar surface area (TPSA) is 79.8 Å². The molecule has 0 saturated carbocycles. The van der Waals surface area contributed by atoms with E-state index in [1.165, 1.54) is 0 Å². The van der Waals surface area contributed by atoms with Crippen LogP contribution in [0.1, 0.15) is 11.1 Å². The Labute approximate surface area is 111 Å². The van der Waals surface area contributed by atoms with Gasteiger partial charge in [-0.05, 0) is 37.2 Å². The number of carboxylic acid groups (broad SMARTS) is 1. The summed E-state index contributed by atoms with van der Waals surface area (Å²) in [6.07, 6.45) is 0. The van der Waals surface area contributed by atoms with Gasteiger partial charge in [0, 0.05) is 13.1 Å². The molecular weight excluding hydrogens is 248 g/mol. The lowest BCUT2D eigenvalue weighted by atomic mass is 10.1. The molecule has 1 unspecified atom stereocenters. The summed E-state index contributed by atoms with van der Waals surface area (Å²) in [6.45, 7) is 3.20. The van der Waals surface area contributed by atoms with Crippen molar-refractivity contribution in [1.82, 2.24) is 10.6 Å². The van der Waals surface area contributed by atoms with Gasteiger partial charge in [-0.15, -0.1) is 0 Å². The molecular formula is C13H18N2O4. The van der Waals surface area contributed by atoms with Gasteiger partial charge in [0.05, 0.1) is 0 Å². The zero-order chi connectivity index (χ0) is 13.8. The van der Waals surface area contributed by atoms with Crippen molar-refractivity contribution in [3.63, 3.8) is 0 Å². The fourth-order valence-corrected chi connectivity index (χ4v) is 1.94. The minimum atomic E-state index is -0.864. The quantitative estimate of drug-likeness (QED) is 0.695. The first-order chi connectivity index (χ1) is 9.11. The van der Waals surface area contributed by atoms with Gasteiger partial charge >= 0.3 is 5.97 Å². The second-order valence-electron chi connectivity index (χ2n) is 4.44. The lowest BCUT2D eigenvalue weighted by Crippen LogP contribution is -2.42. The molecule has 0 bridgehead atoms. The van der Waals surface area contributed by atoms with Gasteiger partial charge in [-0.2, -0.15) is 0 Å². The van der Waals surface area contributed by atoms with Crippen LogP contribution in [0.4, 0.5) is 0 Å². The first kappa shape index (κ1) is 13.6. The number of rotatable bonds is 6. The van der Waals surface area contributed by atoms with E-state index in [1.54, 1.807) is 7.05 Å². The highest BCUT2D eigenvalue weighted by atomic mass is 16.7. The third kappa shape index (κ3) is 3.15. The Hall–Kier alpha value is -1.79. The number of carboxylic acids is 1. The van der Waals surface area contributed by atoms with Crippen LogP contribution < -0.4 is 20.1 Å². The molecule has 6 heteroatoms. The van der Waals surface area contributed by atoms with Crippen LogP contribution in [0, 0.1) is 6.92 Å². The fourth-order valence-electron chi connectivity index (χ4n) is 1.94. The number of aryl methyl sites for hydroxylation is 1. The molecule has 0 amide bonds. The van der Waals surface area contributed by atoms with E-state index in [4.69, 9.17) is 14.6 Å². The highest BCUT2D eigenvalue weighted by molar-refractivity contribution is 5.73. The smallest absolute Gasteiger partial charge is 0.322 e. The maximum atomic E-state index is 10.9. The van der Waals surface area contributed by atoms with E-state index in [1.807, 2.05) is 19.1 Å². The number of ether oxygens (including phenoxy) is 2. The van der Waals surface area contributed by atoms with Gasteiger partial charge in [-0.1, -0.05) is 0 Å².